The third kappa shape index (κ3) is 4.33. The zero-order chi connectivity index (χ0) is 14.9. The zero-order valence-corrected chi connectivity index (χ0v) is 13.8. The van der Waals surface area contributed by atoms with E-state index >= 15 is 0 Å². The molecule has 2 aliphatic rings. The molecule has 1 N–H and O–H groups in total. The number of nitrogens with zero attached hydrogens (tertiary/aromatic N) is 1. The number of piperidine rings is 1. The fraction of sp³-hybridized carbons (Fsp3) is 0.778. The molecular formula is C18H30N2O. The third-order valence-corrected chi connectivity index (χ3v) is 5.05. The van der Waals surface area contributed by atoms with Crippen LogP contribution in [0.1, 0.15) is 58.0 Å². The van der Waals surface area contributed by atoms with E-state index in [0.29, 0.717) is 5.41 Å². The Hall–Kier alpha value is -0.800. The van der Waals surface area contributed by atoms with E-state index in [0.717, 1.165) is 36.6 Å². The third-order valence-electron chi connectivity index (χ3n) is 5.05. The zero-order valence-electron chi connectivity index (χ0n) is 13.8. The van der Waals surface area contributed by atoms with Crippen LogP contribution < -0.4 is 5.32 Å². The van der Waals surface area contributed by atoms with E-state index in [2.05, 4.69) is 43.1 Å². The van der Waals surface area contributed by atoms with Gasteiger partial charge in [-0.3, -0.25) is 4.90 Å². The van der Waals surface area contributed by atoms with Crippen LogP contribution in [0.5, 0.6) is 0 Å². The number of nitrogens with one attached hydrogen (secondary N) is 1. The molecule has 1 aromatic heterocycles. The van der Waals surface area contributed by atoms with Crippen molar-refractivity contribution in [2.75, 3.05) is 13.1 Å². The summed E-state index contributed by atoms with van der Waals surface area (Å²) in [4.78, 5) is 2.54. The first-order valence-corrected chi connectivity index (χ1v) is 8.54. The van der Waals surface area contributed by atoms with Crippen molar-refractivity contribution in [2.24, 2.45) is 11.3 Å². The maximum absolute atomic E-state index is 5.95. The van der Waals surface area contributed by atoms with Crippen LogP contribution in [0.4, 0.5) is 0 Å². The first-order valence-electron chi connectivity index (χ1n) is 8.54. The molecule has 0 radical (unpaired) electrons. The molecule has 3 nitrogen and oxygen atoms in total. The first-order chi connectivity index (χ1) is 10.0. The maximum Gasteiger partial charge on any atom is 0.118 e. The van der Waals surface area contributed by atoms with Gasteiger partial charge in [-0.25, -0.2) is 0 Å². The predicted molar refractivity (Wildman–Crippen MR) is 86.0 cm³/mol. The molecule has 0 unspecified atom stereocenters. The van der Waals surface area contributed by atoms with Crippen LogP contribution in [-0.2, 0) is 13.1 Å². The predicted octanol–water partition coefficient (Wildman–Crippen LogP) is 3.79. The quantitative estimate of drug-likeness (QED) is 0.894. The molecule has 0 spiro atoms. The minimum absolute atomic E-state index is 0.457. The number of furan rings is 1. The first kappa shape index (κ1) is 15.1. The van der Waals surface area contributed by atoms with Crippen molar-refractivity contribution in [1.29, 1.82) is 0 Å². The molecule has 0 bridgehead atoms. The highest BCUT2D eigenvalue weighted by molar-refractivity contribution is 5.07. The summed E-state index contributed by atoms with van der Waals surface area (Å²) in [6, 6.07) is 5.03. The molecular weight excluding hydrogens is 260 g/mol. The summed E-state index contributed by atoms with van der Waals surface area (Å²) < 4.78 is 5.95. The molecule has 1 saturated carbocycles. The Labute approximate surface area is 129 Å². The average molecular weight is 290 g/mol. The summed E-state index contributed by atoms with van der Waals surface area (Å²) in [5.41, 5.74) is 0.457. The number of hydrogen-bond donors (Lipinski definition) is 1. The van der Waals surface area contributed by atoms with Gasteiger partial charge < -0.3 is 9.73 Å². The van der Waals surface area contributed by atoms with Crippen LogP contribution in [0, 0.1) is 11.3 Å². The molecule has 21 heavy (non-hydrogen) atoms. The molecule has 0 amide bonds. The van der Waals surface area contributed by atoms with Crippen LogP contribution in [0.25, 0.3) is 0 Å². The van der Waals surface area contributed by atoms with Crippen LogP contribution in [0.3, 0.4) is 0 Å². The Morgan fingerprint density at radius 3 is 2.38 bits per heavy atom. The van der Waals surface area contributed by atoms with E-state index in [4.69, 9.17) is 4.42 Å². The standard InChI is InChI=1S/C18H30N2O/c1-18(2,3)14-8-10-20(11-9-14)13-17-7-6-16(21-17)12-19-15-4-5-15/h6-7,14-15,19H,4-5,8-13H2,1-3H3. The van der Waals surface area contributed by atoms with Gasteiger partial charge >= 0.3 is 0 Å². The van der Waals surface area contributed by atoms with Gasteiger partial charge in [-0.2, -0.15) is 0 Å². The second-order valence-corrected chi connectivity index (χ2v) is 7.94. The number of hydrogen-bond acceptors (Lipinski definition) is 3. The molecule has 118 valence electrons. The van der Waals surface area contributed by atoms with Crippen molar-refractivity contribution in [3.63, 3.8) is 0 Å². The summed E-state index contributed by atoms with van der Waals surface area (Å²) in [5, 5.41) is 3.50. The second-order valence-electron chi connectivity index (χ2n) is 7.94. The van der Waals surface area contributed by atoms with E-state index in [1.807, 2.05) is 0 Å². The topological polar surface area (TPSA) is 28.4 Å². The smallest absolute Gasteiger partial charge is 0.118 e. The molecule has 1 aliphatic heterocycles. The molecule has 0 aromatic carbocycles. The molecule has 1 aromatic rings. The van der Waals surface area contributed by atoms with E-state index in [9.17, 15) is 0 Å². The maximum atomic E-state index is 5.95. The lowest BCUT2D eigenvalue weighted by atomic mass is 9.75. The van der Waals surface area contributed by atoms with Gasteiger partial charge in [-0.15, -0.1) is 0 Å². The van der Waals surface area contributed by atoms with Crippen molar-refractivity contribution in [2.45, 2.75) is 65.6 Å². The van der Waals surface area contributed by atoms with Crippen molar-refractivity contribution in [3.05, 3.63) is 23.7 Å². The Morgan fingerprint density at radius 2 is 1.76 bits per heavy atom. The second kappa shape index (κ2) is 6.13. The van der Waals surface area contributed by atoms with E-state index in [1.165, 1.54) is 38.8 Å². The molecule has 2 heterocycles. The molecule has 0 atom stereocenters. The summed E-state index contributed by atoms with van der Waals surface area (Å²) in [6.45, 7) is 11.4. The Bertz CT molecular complexity index is 448. The van der Waals surface area contributed by atoms with Gasteiger partial charge in [0.05, 0.1) is 13.1 Å². The fourth-order valence-corrected chi connectivity index (χ4v) is 3.31. The SMILES string of the molecule is CC(C)(C)C1CCN(Cc2ccc(CNC3CC3)o2)CC1. The van der Waals surface area contributed by atoms with E-state index in [1.54, 1.807) is 0 Å². The van der Waals surface area contributed by atoms with Gasteiger partial charge in [0, 0.05) is 6.04 Å². The highest BCUT2D eigenvalue weighted by Gasteiger charge is 2.29. The lowest BCUT2D eigenvalue weighted by molar-refractivity contribution is 0.103. The molecule has 3 rings (SSSR count). The minimum Gasteiger partial charge on any atom is -0.463 e. The highest BCUT2D eigenvalue weighted by atomic mass is 16.3. The molecule has 3 heteroatoms. The molecule has 1 aliphatic carbocycles. The Kier molecular flexibility index (Phi) is 4.41. The van der Waals surface area contributed by atoms with Crippen molar-refractivity contribution < 1.29 is 4.42 Å². The van der Waals surface area contributed by atoms with Gasteiger partial charge in [-0.05, 0) is 62.2 Å². The normalized spacial score (nSPS) is 21.9. The number of likely N-dealkylation sites (tertiary alicyclic amines) is 1. The van der Waals surface area contributed by atoms with E-state index < -0.39 is 0 Å². The monoisotopic (exact) mass is 290 g/mol. The lowest BCUT2D eigenvalue weighted by Gasteiger charge is -2.38. The van der Waals surface area contributed by atoms with Crippen molar-refractivity contribution in [1.82, 2.24) is 10.2 Å². The van der Waals surface area contributed by atoms with Gasteiger partial charge in [-0.1, -0.05) is 20.8 Å². The molecule has 1 saturated heterocycles. The van der Waals surface area contributed by atoms with Gasteiger partial charge in [0.25, 0.3) is 0 Å². The number of rotatable bonds is 5. The largest absolute Gasteiger partial charge is 0.463 e. The average Bonchev–Trinajstić information content (AvgIpc) is 3.16. The van der Waals surface area contributed by atoms with Crippen LogP contribution in [0.2, 0.25) is 0 Å². The summed E-state index contributed by atoms with van der Waals surface area (Å²) in [5.74, 6) is 3.07. The van der Waals surface area contributed by atoms with Gasteiger partial charge in [0.1, 0.15) is 11.5 Å². The Balaban J connectivity index is 1.44. The molecule has 2 fully saturated rings. The Morgan fingerprint density at radius 1 is 1.10 bits per heavy atom. The van der Waals surface area contributed by atoms with Crippen molar-refractivity contribution >= 4 is 0 Å². The van der Waals surface area contributed by atoms with Crippen LogP contribution in [-0.4, -0.2) is 24.0 Å². The van der Waals surface area contributed by atoms with Gasteiger partial charge in [0.2, 0.25) is 0 Å². The van der Waals surface area contributed by atoms with Crippen LogP contribution >= 0.6 is 0 Å². The summed E-state index contributed by atoms with van der Waals surface area (Å²) >= 11 is 0. The highest BCUT2D eigenvalue weighted by Crippen LogP contribution is 2.34. The summed E-state index contributed by atoms with van der Waals surface area (Å²) in [7, 11) is 0. The summed E-state index contributed by atoms with van der Waals surface area (Å²) in [6.07, 6.45) is 5.30. The van der Waals surface area contributed by atoms with E-state index in [-0.39, 0.29) is 0 Å². The van der Waals surface area contributed by atoms with Gasteiger partial charge in [0.15, 0.2) is 0 Å². The fourth-order valence-electron chi connectivity index (χ4n) is 3.31. The van der Waals surface area contributed by atoms with Crippen LogP contribution in [0.15, 0.2) is 16.5 Å². The lowest BCUT2D eigenvalue weighted by Crippen LogP contribution is -2.37. The minimum atomic E-state index is 0.457. The van der Waals surface area contributed by atoms with Crippen molar-refractivity contribution in [3.8, 4) is 0 Å².